The van der Waals surface area contributed by atoms with E-state index >= 15 is 0 Å². The van der Waals surface area contributed by atoms with Crippen molar-refractivity contribution in [2.24, 2.45) is 0 Å². The molecule has 26 heavy (non-hydrogen) atoms. The van der Waals surface area contributed by atoms with Gasteiger partial charge in [-0.2, -0.15) is 4.68 Å². The van der Waals surface area contributed by atoms with Gasteiger partial charge in [-0.3, -0.25) is 9.20 Å². The average Bonchev–Trinajstić information content (AvgIpc) is 2.96. The van der Waals surface area contributed by atoms with E-state index in [0.29, 0.717) is 16.9 Å². The van der Waals surface area contributed by atoms with Gasteiger partial charge in [0.25, 0.3) is 5.56 Å². The highest BCUT2D eigenvalue weighted by atomic mass is 19.1. The van der Waals surface area contributed by atoms with Crippen LogP contribution in [0, 0.1) is 12.7 Å². The minimum absolute atomic E-state index is 0.0107. The van der Waals surface area contributed by atoms with Crippen LogP contribution in [0.3, 0.4) is 0 Å². The quantitative estimate of drug-likeness (QED) is 0.563. The third-order valence-electron chi connectivity index (χ3n) is 3.94. The largest absolute Gasteiger partial charge is 0.437 e. The lowest BCUT2D eigenvalue weighted by Gasteiger charge is -2.05. The molecule has 130 valence electrons. The second-order valence-electron chi connectivity index (χ2n) is 5.78. The molecule has 1 aromatic carbocycles. The first kappa shape index (κ1) is 15.9. The zero-order valence-corrected chi connectivity index (χ0v) is 13.7. The van der Waals surface area contributed by atoms with E-state index in [-0.39, 0.29) is 18.0 Å². The maximum Gasteiger partial charge on any atom is 0.437 e. The van der Waals surface area contributed by atoms with E-state index in [2.05, 4.69) is 10.1 Å². The standard InChI is InChI=1S/C18H13FN4O3/c1-11-3-2-4-15-20-14(9-16(24)23(11)15)10-22-18(25)26-17(21-22)12-5-7-13(19)8-6-12/h2-9H,10H2,1H3. The molecule has 0 radical (unpaired) electrons. The van der Waals surface area contributed by atoms with Gasteiger partial charge in [0.15, 0.2) is 0 Å². The number of hydrogen-bond donors (Lipinski definition) is 0. The van der Waals surface area contributed by atoms with Gasteiger partial charge < -0.3 is 4.42 Å². The van der Waals surface area contributed by atoms with E-state index in [4.69, 9.17) is 4.42 Å². The number of aryl methyl sites for hydroxylation is 1. The Labute approximate surface area is 146 Å². The van der Waals surface area contributed by atoms with Crippen LogP contribution in [0.15, 0.2) is 62.5 Å². The van der Waals surface area contributed by atoms with Crippen molar-refractivity contribution < 1.29 is 8.81 Å². The monoisotopic (exact) mass is 352 g/mol. The Balaban J connectivity index is 1.72. The molecule has 0 saturated carbocycles. The Morgan fingerprint density at radius 3 is 2.65 bits per heavy atom. The molecule has 7 nitrogen and oxygen atoms in total. The second-order valence-corrected chi connectivity index (χ2v) is 5.78. The Morgan fingerprint density at radius 1 is 1.12 bits per heavy atom. The number of halogens is 1. The molecule has 0 bridgehead atoms. The summed E-state index contributed by atoms with van der Waals surface area (Å²) in [5.74, 6) is -1.01. The highest BCUT2D eigenvalue weighted by Crippen LogP contribution is 2.15. The predicted molar refractivity (Wildman–Crippen MR) is 91.5 cm³/mol. The van der Waals surface area contributed by atoms with Crippen LogP contribution in [-0.4, -0.2) is 19.2 Å². The third kappa shape index (κ3) is 2.81. The van der Waals surface area contributed by atoms with Crippen LogP contribution in [0.4, 0.5) is 4.39 Å². The molecule has 0 unspecified atom stereocenters. The number of nitrogens with zero attached hydrogens (tertiary/aromatic N) is 4. The highest BCUT2D eigenvalue weighted by Gasteiger charge is 2.12. The summed E-state index contributed by atoms with van der Waals surface area (Å²) >= 11 is 0. The van der Waals surface area contributed by atoms with Gasteiger partial charge in [-0.05, 0) is 43.3 Å². The third-order valence-corrected chi connectivity index (χ3v) is 3.94. The topological polar surface area (TPSA) is 82.4 Å². The van der Waals surface area contributed by atoms with E-state index < -0.39 is 11.6 Å². The lowest BCUT2D eigenvalue weighted by molar-refractivity contribution is 0.493. The number of hydrogen-bond acceptors (Lipinski definition) is 5. The number of pyridine rings is 1. The molecule has 3 aromatic heterocycles. The number of fused-ring (bicyclic) bond motifs is 1. The molecule has 0 amide bonds. The van der Waals surface area contributed by atoms with Crippen LogP contribution in [0.5, 0.6) is 0 Å². The minimum atomic E-state index is -0.685. The molecule has 0 atom stereocenters. The zero-order chi connectivity index (χ0) is 18.3. The maximum atomic E-state index is 13.0. The molecule has 3 heterocycles. The van der Waals surface area contributed by atoms with Crippen molar-refractivity contribution in [1.29, 1.82) is 0 Å². The molecule has 4 aromatic rings. The first-order valence-electron chi connectivity index (χ1n) is 7.83. The predicted octanol–water partition coefficient (Wildman–Crippen LogP) is 2.01. The Hall–Kier alpha value is -3.55. The van der Waals surface area contributed by atoms with Gasteiger partial charge in [-0.25, -0.2) is 14.2 Å². The van der Waals surface area contributed by atoms with Gasteiger partial charge in [0.1, 0.15) is 11.5 Å². The summed E-state index contributed by atoms with van der Waals surface area (Å²) in [7, 11) is 0. The molecule has 0 aliphatic carbocycles. The molecule has 0 fully saturated rings. The number of aromatic nitrogens is 4. The van der Waals surface area contributed by atoms with E-state index in [1.54, 1.807) is 12.1 Å². The van der Waals surface area contributed by atoms with Crippen molar-refractivity contribution in [3.8, 4) is 11.5 Å². The maximum absolute atomic E-state index is 13.0. The fourth-order valence-electron chi connectivity index (χ4n) is 2.71. The van der Waals surface area contributed by atoms with Crippen LogP contribution in [0.1, 0.15) is 11.4 Å². The summed E-state index contributed by atoms with van der Waals surface area (Å²) < 4.78 is 20.7. The van der Waals surface area contributed by atoms with Gasteiger partial charge in [0.2, 0.25) is 5.89 Å². The molecule has 4 rings (SSSR count). The van der Waals surface area contributed by atoms with E-state index in [1.165, 1.54) is 34.7 Å². The van der Waals surface area contributed by atoms with Gasteiger partial charge in [-0.1, -0.05) is 6.07 Å². The summed E-state index contributed by atoms with van der Waals surface area (Å²) in [4.78, 5) is 28.7. The molecule has 8 heteroatoms. The van der Waals surface area contributed by atoms with Gasteiger partial charge in [0, 0.05) is 17.3 Å². The van der Waals surface area contributed by atoms with Crippen LogP contribution < -0.4 is 11.3 Å². The molecular weight excluding hydrogens is 339 g/mol. The van der Waals surface area contributed by atoms with Crippen LogP contribution >= 0.6 is 0 Å². The summed E-state index contributed by atoms with van der Waals surface area (Å²) in [6.45, 7) is 1.80. The fraction of sp³-hybridized carbons (Fsp3) is 0.111. The highest BCUT2D eigenvalue weighted by molar-refractivity contribution is 5.51. The van der Waals surface area contributed by atoms with Crippen molar-refractivity contribution >= 4 is 5.65 Å². The van der Waals surface area contributed by atoms with E-state index in [1.807, 2.05) is 13.0 Å². The first-order chi connectivity index (χ1) is 12.5. The normalized spacial score (nSPS) is 11.2. The second kappa shape index (κ2) is 6.07. The van der Waals surface area contributed by atoms with E-state index in [0.717, 1.165) is 10.4 Å². The smallest absolute Gasteiger partial charge is 0.388 e. The number of rotatable bonds is 3. The molecule has 0 saturated heterocycles. The average molecular weight is 352 g/mol. The lowest BCUT2D eigenvalue weighted by atomic mass is 10.2. The summed E-state index contributed by atoms with van der Waals surface area (Å²) in [6.07, 6.45) is 0. The summed E-state index contributed by atoms with van der Waals surface area (Å²) in [5.41, 5.74) is 1.89. The summed E-state index contributed by atoms with van der Waals surface area (Å²) in [5, 5.41) is 4.10. The van der Waals surface area contributed by atoms with Crippen molar-refractivity contribution in [3.63, 3.8) is 0 Å². The first-order valence-corrected chi connectivity index (χ1v) is 7.83. The molecule has 0 aliphatic heterocycles. The van der Waals surface area contributed by atoms with Crippen molar-refractivity contribution in [2.75, 3.05) is 0 Å². The molecule has 0 N–H and O–H groups in total. The zero-order valence-electron chi connectivity index (χ0n) is 13.7. The van der Waals surface area contributed by atoms with Gasteiger partial charge in [-0.15, -0.1) is 5.10 Å². The van der Waals surface area contributed by atoms with Crippen LogP contribution in [0.2, 0.25) is 0 Å². The Kier molecular flexibility index (Phi) is 3.72. The van der Waals surface area contributed by atoms with Crippen LogP contribution in [0.25, 0.3) is 17.1 Å². The Bertz CT molecular complexity index is 1220. The number of benzene rings is 1. The lowest BCUT2D eigenvalue weighted by Crippen LogP contribution is -2.22. The van der Waals surface area contributed by atoms with E-state index in [9.17, 15) is 14.0 Å². The Morgan fingerprint density at radius 2 is 1.88 bits per heavy atom. The fourth-order valence-corrected chi connectivity index (χ4v) is 2.71. The molecule has 0 aliphatic rings. The minimum Gasteiger partial charge on any atom is -0.388 e. The molecule has 0 spiro atoms. The van der Waals surface area contributed by atoms with Crippen LogP contribution in [-0.2, 0) is 6.54 Å². The van der Waals surface area contributed by atoms with Crippen molar-refractivity contribution in [1.82, 2.24) is 19.2 Å². The van der Waals surface area contributed by atoms with Gasteiger partial charge in [0.05, 0.1) is 12.2 Å². The van der Waals surface area contributed by atoms with Crippen molar-refractivity contribution in [2.45, 2.75) is 13.5 Å². The van der Waals surface area contributed by atoms with Crippen molar-refractivity contribution in [3.05, 3.63) is 86.6 Å². The molecular formula is C18H13FN4O3. The SMILES string of the molecule is Cc1cccc2nc(Cn3nc(-c4ccc(F)cc4)oc3=O)cc(=O)n12. The van der Waals surface area contributed by atoms with Gasteiger partial charge >= 0.3 is 5.76 Å². The summed E-state index contributed by atoms with van der Waals surface area (Å²) in [6, 6.07) is 12.1.